The van der Waals surface area contributed by atoms with E-state index in [4.69, 9.17) is 39.7 Å². The van der Waals surface area contributed by atoms with Crippen LogP contribution in [0.5, 0.6) is 0 Å². The monoisotopic (exact) mass is 1860 g/mol. The number of nitrogens with zero attached hydrogens (tertiary/aromatic N) is 8. The van der Waals surface area contributed by atoms with Crippen molar-refractivity contribution in [2.24, 2.45) is 10.2 Å². The molecule has 650 valence electrons. The summed E-state index contributed by atoms with van der Waals surface area (Å²) in [5.74, 6) is 0. The van der Waals surface area contributed by atoms with Crippen molar-refractivity contribution >= 4 is 93.4 Å². The predicted octanol–water partition coefficient (Wildman–Crippen LogP) is 9.12. The van der Waals surface area contributed by atoms with Crippen LogP contribution in [0.3, 0.4) is 0 Å². The number of phosphoric ester groups is 4. The van der Waals surface area contributed by atoms with E-state index in [0.717, 1.165) is 119 Å². The zero-order chi connectivity index (χ0) is 85.4. The predicted molar refractivity (Wildman–Crippen MR) is 380 cm³/mol. The lowest BCUT2D eigenvalue weighted by molar-refractivity contribution is -0.0450. The van der Waals surface area contributed by atoms with E-state index in [9.17, 15) is 123 Å². The van der Waals surface area contributed by atoms with Gasteiger partial charge >= 0.3 is 105 Å². The van der Waals surface area contributed by atoms with Gasteiger partial charge in [-0.1, -0.05) is 100 Å². The Kier molecular flexibility index (Phi) is 45.4. The van der Waals surface area contributed by atoms with Crippen molar-refractivity contribution in [1.82, 2.24) is 19.1 Å². The van der Waals surface area contributed by atoms with Crippen molar-refractivity contribution in [2.45, 2.75) is 179 Å². The number of aromatic amines is 2. The summed E-state index contributed by atoms with van der Waals surface area (Å²) in [5.41, 5.74) is 13.7. The van der Waals surface area contributed by atoms with Gasteiger partial charge in [-0.2, -0.15) is 30.2 Å². The first-order chi connectivity index (χ1) is 51.4. The maximum atomic E-state index is 12.2. The number of hydrogen-bond acceptors (Lipinski definition) is 36. The Labute approximate surface area is 635 Å². The van der Waals surface area contributed by atoms with Gasteiger partial charge in [0.05, 0.1) is 38.6 Å². The minimum absolute atomic E-state index is 0.0712. The maximum Gasteiger partial charge on any atom is 0.490 e. The van der Waals surface area contributed by atoms with Crippen LogP contribution in [0.25, 0.3) is 20.9 Å². The molecule has 17 atom stereocenters. The standard InChI is InChI=1S/C21H41N5O23P6.C13H23N2O12P3.C11H26N3O10P3/c1-16-14-26(21(29)24-20(16)28)19-13-17(27)18(44-19)15-43-51(32,33)46-53(36,37)48-55(40,41)49-54(38,39)47-52(34,35)45-50(30,31)42-12-10-8-6-4-2-3-5-7-9-11-23-25-22;1-8-6-15(13(18)14-12(8)17)11-5-9(16)10(25-11)7-24-30(21,22)27-29(4,20)26-28(3,19)23-2;12-14-13-10-8-6-4-2-1-3-5-7-9-11-22-26(18,19)24-27(20,21)23-25(15,16)17/h14,17-19,27H,2-13,15H2,1H3,(H,30,31)(H,32,33)(H,34,35)(H,36,37)(H,38,39)(H,40,41)(H,24,28,29);6,9-11,16H,5,7H2,1-4H3,(H,21,22)(H,14,17,18);1-11H2,(H,18,19)(H,20,21)(H2,15,16,17)/t17?,18-,19-;9?,10-,11-,28?,29?;/m11./s1. The molecule has 2 saturated heterocycles. The summed E-state index contributed by atoms with van der Waals surface area (Å²) in [7, 11) is -64.5. The van der Waals surface area contributed by atoms with E-state index in [2.05, 4.69) is 81.9 Å². The van der Waals surface area contributed by atoms with E-state index in [1.807, 2.05) is 4.98 Å². The summed E-state index contributed by atoms with van der Waals surface area (Å²) in [5, 5.41) is 27.2. The van der Waals surface area contributed by atoms with E-state index >= 15 is 0 Å². The molecule has 13 unspecified atom stereocenters. The second kappa shape index (κ2) is 48.1. The van der Waals surface area contributed by atoms with Gasteiger partial charge in [-0.3, -0.25) is 55.9 Å². The molecule has 0 aromatic carbocycles. The molecule has 2 aromatic heterocycles. The largest absolute Gasteiger partial charge is 0.490 e. The summed E-state index contributed by atoms with van der Waals surface area (Å²) in [6.45, 7) is 3.09. The van der Waals surface area contributed by atoms with Crippen LogP contribution >= 0.6 is 93.4 Å². The molecule has 0 saturated carbocycles. The summed E-state index contributed by atoms with van der Waals surface area (Å²) >= 11 is 0. The van der Waals surface area contributed by atoms with Crippen LogP contribution in [0.15, 0.2) is 41.8 Å². The molecule has 0 radical (unpaired) electrons. The van der Waals surface area contributed by atoms with Gasteiger partial charge in [0.15, 0.2) is 0 Å². The Morgan fingerprint density at radius 1 is 0.420 bits per heavy atom. The molecule has 15 N–H and O–H groups in total. The Balaban J connectivity index is 0.000000628. The first-order valence-electron chi connectivity index (χ1n) is 32.4. The zero-order valence-electron chi connectivity index (χ0n) is 59.8. The molecule has 2 fully saturated rings. The number of H-pyrrole nitrogens is 2. The van der Waals surface area contributed by atoms with Crippen molar-refractivity contribution in [2.75, 3.05) is 60.0 Å². The third-order valence-electron chi connectivity index (χ3n) is 13.9. The molecule has 2 aliphatic heterocycles. The highest BCUT2D eigenvalue weighted by molar-refractivity contribution is 7.73. The molecule has 67 heteroatoms. The quantitative estimate of drug-likeness (QED) is 0.00964. The van der Waals surface area contributed by atoms with E-state index < -0.39 is 173 Å². The van der Waals surface area contributed by atoms with Crippen LogP contribution in [-0.4, -0.2) is 168 Å². The number of unbranched alkanes of at least 4 members (excludes halogenated alkanes) is 16. The Morgan fingerprint density at radius 2 is 0.696 bits per heavy atom. The minimum Gasteiger partial charge on any atom is -0.390 e. The van der Waals surface area contributed by atoms with Crippen LogP contribution < -0.4 is 22.5 Å². The van der Waals surface area contributed by atoms with Crippen LogP contribution in [0.1, 0.15) is 152 Å². The Bertz CT molecular complexity index is 4340. The van der Waals surface area contributed by atoms with Crippen molar-refractivity contribution < 1.29 is 190 Å². The summed E-state index contributed by atoms with van der Waals surface area (Å²) in [6.07, 6.45) is 9.17. The number of aryl methyl sites for hydroxylation is 2. The molecule has 0 spiro atoms. The van der Waals surface area contributed by atoms with E-state index in [1.165, 1.54) is 20.0 Å². The molecule has 0 amide bonds. The fraction of sp³-hybridized carbons (Fsp3) is 0.822. The van der Waals surface area contributed by atoms with Crippen molar-refractivity contribution in [1.29, 1.82) is 0 Å². The first kappa shape index (κ1) is 106. The minimum atomic E-state index is -6.46. The number of ether oxygens (including phenoxy) is 2. The van der Waals surface area contributed by atoms with E-state index in [0.29, 0.717) is 38.8 Å². The molecular weight excluding hydrogens is 1770 g/mol. The molecule has 2 aromatic rings. The second-order valence-electron chi connectivity index (χ2n) is 23.5. The molecule has 4 heterocycles. The van der Waals surface area contributed by atoms with Gasteiger partial charge in [-0.05, 0) is 50.6 Å². The SMILES string of the molecule is COP(C)(=O)OP(C)(=O)OP(=O)(O)OC[C@H]1O[C@@H](n2cc(C)c(=O)[nH]c2=O)CC1O.Cc1cn([C@H]2CC(O)[C@@H](COP(=O)(O)OP(=O)(O)OP(=O)(O)OP(=O)(O)OP(=O)(O)OP(=O)(O)OCCCCCCCCCCCN=[N+]=[N-])O2)c(=O)[nH]c1=O.[N-]=[N+]=NCCCCCCCCCCCOP(=O)(O)OP(=O)(O)OP(=O)(O)O. The third-order valence-corrected chi connectivity index (χ3v) is 32.5. The van der Waals surface area contributed by atoms with Crippen LogP contribution in [0, 0.1) is 13.8 Å². The Morgan fingerprint density at radius 3 is 1.00 bits per heavy atom. The molecule has 2 aliphatic rings. The summed E-state index contributed by atoms with van der Waals surface area (Å²) in [6, 6.07) is 0. The highest BCUT2D eigenvalue weighted by atomic mass is 31.3. The van der Waals surface area contributed by atoms with Gasteiger partial charge in [0.25, 0.3) is 11.1 Å². The maximum absolute atomic E-state index is 12.2. The van der Waals surface area contributed by atoms with Gasteiger partial charge < -0.3 is 78.0 Å². The van der Waals surface area contributed by atoms with Gasteiger partial charge in [0.1, 0.15) is 24.7 Å². The van der Waals surface area contributed by atoms with Gasteiger partial charge in [-0.25, -0.2) is 63.9 Å². The van der Waals surface area contributed by atoms with Crippen molar-refractivity contribution in [3.8, 4) is 0 Å². The first-order valence-corrected chi connectivity index (χ1v) is 51.4. The Hall–Kier alpha value is -2.42. The average molecular weight is 1860 g/mol. The highest BCUT2D eigenvalue weighted by Crippen LogP contribution is 2.76. The highest BCUT2D eigenvalue weighted by Gasteiger charge is 2.51. The molecule has 55 nitrogen and oxygen atoms in total. The van der Waals surface area contributed by atoms with Gasteiger partial charge in [-0.15, -0.1) is 0 Å². The van der Waals surface area contributed by atoms with Crippen LogP contribution in [-0.2, 0) is 126 Å². The summed E-state index contributed by atoms with van der Waals surface area (Å²) < 4.78 is 212. The number of aromatic nitrogens is 4. The third kappa shape index (κ3) is 46.2. The van der Waals surface area contributed by atoms with Crippen LogP contribution in [0.4, 0.5) is 0 Å². The topological polar surface area (TPSA) is 823 Å². The zero-order valence-corrected chi connectivity index (χ0v) is 70.6. The summed E-state index contributed by atoms with van der Waals surface area (Å²) in [4.78, 5) is 159. The fourth-order valence-corrected chi connectivity index (χ4v) is 24.8. The number of phosphoric acid groups is 10. The van der Waals surface area contributed by atoms with Crippen molar-refractivity contribution in [3.05, 3.63) is 86.1 Å². The lowest BCUT2D eigenvalue weighted by Crippen LogP contribution is -2.33. The smallest absolute Gasteiger partial charge is 0.390 e. The molecule has 4 rings (SSSR count). The molecular formula is C45H90N10O45P12. The second-order valence-corrected chi connectivity index (χ2v) is 43.3. The van der Waals surface area contributed by atoms with E-state index in [-0.39, 0.29) is 37.0 Å². The molecule has 0 aliphatic carbocycles. The average Bonchev–Trinajstić information content (AvgIpc) is 1.20. The fourth-order valence-electron chi connectivity index (χ4n) is 9.09. The lowest BCUT2D eigenvalue weighted by Gasteiger charge is -2.21. The van der Waals surface area contributed by atoms with Gasteiger partial charge in [0.2, 0.25) is 0 Å². The number of aliphatic hydroxyl groups excluding tert-OH is 2. The number of rotatable bonds is 53. The van der Waals surface area contributed by atoms with E-state index in [1.54, 1.807) is 0 Å². The lowest BCUT2D eigenvalue weighted by atomic mass is 10.1. The number of aliphatic hydroxyl groups is 2. The van der Waals surface area contributed by atoms with Gasteiger partial charge in [0, 0.05) is 79.7 Å². The number of nitrogens with one attached hydrogen (secondary N) is 2. The number of azide groups is 2. The normalized spacial score (nSPS) is 23.2. The molecule has 0 bridgehead atoms. The van der Waals surface area contributed by atoms with Crippen LogP contribution in [0.2, 0.25) is 0 Å². The number of hydrogen-bond donors (Lipinski definition) is 15. The van der Waals surface area contributed by atoms with Crippen molar-refractivity contribution in [3.63, 3.8) is 0 Å². The molecule has 112 heavy (non-hydrogen) atoms.